The highest BCUT2D eigenvalue weighted by atomic mass is 16.5. The number of rotatable bonds is 8. The molecule has 0 fully saturated rings. The normalized spacial score (nSPS) is 17.2. The molecule has 0 saturated heterocycles. The minimum absolute atomic E-state index is 0.317. The Bertz CT molecular complexity index is 859. The van der Waals surface area contributed by atoms with Crippen LogP contribution in [0.2, 0.25) is 0 Å². The van der Waals surface area contributed by atoms with E-state index in [1.807, 2.05) is 12.1 Å². The highest BCUT2D eigenvalue weighted by Gasteiger charge is 2.18. The van der Waals surface area contributed by atoms with Gasteiger partial charge in [-0.05, 0) is 54.2 Å². The number of aliphatic hydroxyl groups excluding tert-OH is 1. The lowest BCUT2D eigenvalue weighted by molar-refractivity contribution is 0.0637. The maximum atomic E-state index is 10.4. The van der Waals surface area contributed by atoms with Crippen molar-refractivity contribution in [1.82, 2.24) is 4.90 Å². The number of allylic oxidation sites excluding steroid dienone is 1. The fourth-order valence-corrected chi connectivity index (χ4v) is 3.89. The Kier molecular flexibility index (Phi) is 6.20. The summed E-state index contributed by atoms with van der Waals surface area (Å²) in [7, 11) is 0. The van der Waals surface area contributed by atoms with Crippen LogP contribution >= 0.6 is 0 Å². The number of benzene rings is 2. The van der Waals surface area contributed by atoms with Gasteiger partial charge >= 0.3 is 0 Å². The lowest BCUT2D eigenvalue weighted by Crippen LogP contribution is -2.38. The summed E-state index contributed by atoms with van der Waals surface area (Å²) in [4.78, 5) is 6.75. The molecule has 0 radical (unpaired) electrons. The third-order valence-electron chi connectivity index (χ3n) is 5.40. The van der Waals surface area contributed by atoms with E-state index in [1.54, 1.807) is 0 Å². The summed E-state index contributed by atoms with van der Waals surface area (Å²) in [5.41, 5.74) is 5.21. The zero-order chi connectivity index (χ0) is 19.2. The first kappa shape index (κ1) is 18.9. The molecule has 0 aliphatic carbocycles. The summed E-state index contributed by atoms with van der Waals surface area (Å²) in [6, 6.07) is 16.7. The molecule has 1 atom stereocenters. The van der Waals surface area contributed by atoms with Gasteiger partial charge in [-0.1, -0.05) is 42.5 Å². The largest absolute Gasteiger partial charge is 0.491 e. The number of hydrogen-bond acceptors (Lipinski definition) is 4. The first-order valence-corrected chi connectivity index (χ1v) is 10.1. The van der Waals surface area contributed by atoms with Crippen LogP contribution in [0.4, 0.5) is 0 Å². The van der Waals surface area contributed by atoms with Crippen molar-refractivity contribution in [3.8, 4) is 5.75 Å². The number of aliphatic hydroxyl groups is 1. The van der Waals surface area contributed by atoms with Crippen molar-refractivity contribution < 1.29 is 9.84 Å². The maximum absolute atomic E-state index is 10.4. The summed E-state index contributed by atoms with van der Waals surface area (Å²) in [5, 5.41) is 10.4. The SMILES string of the molecule is OC(COc1cccc(CCC2=NCC=C2)c1)CN1CCc2ccccc2C1. The molecule has 2 aliphatic heterocycles. The standard InChI is InChI=1S/C24H28N2O2/c27-23(17-26-14-12-20-6-1-2-7-21(20)16-26)18-28-24-9-3-5-19(15-24)10-11-22-8-4-13-25-22/h1-9,15,23,27H,10-14,16-18H2. The van der Waals surface area contributed by atoms with Crippen molar-refractivity contribution >= 4 is 5.71 Å². The van der Waals surface area contributed by atoms with Crippen LogP contribution in [0.1, 0.15) is 23.1 Å². The molecule has 2 aromatic carbocycles. The molecule has 0 bridgehead atoms. The van der Waals surface area contributed by atoms with Crippen molar-refractivity contribution in [3.63, 3.8) is 0 Å². The summed E-state index contributed by atoms with van der Waals surface area (Å²) >= 11 is 0. The summed E-state index contributed by atoms with van der Waals surface area (Å²) in [5.74, 6) is 0.824. The average Bonchev–Trinajstić information content (AvgIpc) is 3.25. The van der Waals surface area contributed by atoms with Crippen LogP contribution in [0.5, 0.6) is 5.75 Å². The van der Waals surface area contributed by atoms with E-state index in [0.717, 1.165) is 44.6 Å². The van der Waals surface area contributed by atoms with Gasteiger partial charge < -0.3 is 9.84 Å². The van der Waals surface area contributed by atoms with Crippen LogP contribution in [0, 0.1) is 0 Å². The minimum atomic E-state index is -0.494. The van der Waals surface area contributed by atoms with E-state index in [4.69, 9.17) is 4.74 Å². The van der Waals surface area contributed by atoms with Crippen LogP contribution < -0.4 is 4.74 Å². The van der Waals surface area contributed by atoms with E-state index in [-0.39, 0.29) is 0 Å². The van der Waals surface area contributed by atoms with Crippen LogP contribution in [0.25, 0.3) is 0 Å². The van der Waals surface area contributed by atoms with Gasteiger partial charge in [0, 0.05) is 25.3 Å². The van der Waals surface area contributed by atoms with Crippen molar-refractivity contribution in [2.75, 3.05) is 26.2 Å². The van der Waals surface area contributed by atoms with Crippen LogP contribution in [0.15, 0.2) is 65.7 Å². The van der Waals surface area contributed by atoms with Gasteiger partial charge in [-0.25, -0.2) is 0 Å². The molecule has 1 N–H and O–H groups in total. The van der Waals surface area contributed by atoms with Gasteiger partial charge in [-0.15, -0.1) is 0 Å². The predicted molar refractivity (Wildman–Crippen MR) is 113 cm³/mol. The average molecular weight is 377 g/mol. The highest BCUT2D eigenvalue weighted by molar-refractivity contribution is 5.96. The first-order chi connectivity index (χ1) is 13.8. The second kappa shape index (κ2) is 9.18. The molecule has 28 heavy (non-hydrogen) atoms. The number of aryl methyl sites for hydroxylation is 1. The Balaban J connectivity index is 1.24. The molecule has 0 spiro atoms. The van der Waals surface area contributed by atoms with Crippen molar-refractivity contribution in [2.45, 2.75) is 31.9 Å². The van der Waals surface area contributed by atoms with Gasteiger partial charge in [-0.2, -0.15) is 0 Å². The van der Waals surface area contributed by atoms with E-state index in [9.17, 15) is 5.11 Å². The Hall–Kier alpha value is -2.43. The highest BCUT2D eigenvalue weighted by Crippen LogP contribution is 2.19. The third kappa shape index (κ3) is 5.09. The predicted octanol–water partition coefficient (Wildman–Crippen LogP) is 3.43. The molecule has 4 nitrogen and oxygen atoms in total. The number of hydrogen-bond donors (Lipinski definition) is 1. The number of ether oxygens (including phenoxy) is 1. The molecule has 0 saturated carbocycles. The van der Waals surface area contributed by atoms with Crippen LogP contribution in [-0.4, -0.2) is 48.1 Å². The Morgan fingerprint density at radius 2 is 1.96 bits per heavy atom. The molecule has 146 valence electrons. The molecule has 4 heteroatoms. The molecule has 2 aromatic rings. The Morgan fingerprint density at radius 3 is 2.82 bits per heavy atom. The number of β-amino-alcohol motifs (C(OH)–C–C–N with tert-alkyl or cyclic N) is 1. The number of fused-ring (bicyclic) bond motifs is 1. The monoisotopic (exact) mass is 376 g/mol. The van der Waals surface area contributed by atoms with Crippen LogP contribution in [0.3, 0.4) is 0 Å². The topological polar surface area (TPSA) is 45.1 Å². The molecule has 0 aromatic heterocycles. The van der Waals surface area contributed by atoms with Gasteiger partial charge in [-0.3, -0.25) is 9.89 Å². The van der Waals surface area contributed by atoms with E-state index < -0.39 is 6.10 Å². The van der Waals surface area contributed by atoms with Crippen molar-refractivity contribution in [1.29, 1.82) is 0 Å². The second-order valence-corrected chi connectivity index (χ2v) is 7.60. The van der Waals surface area contributed by atoms with Crippen molar-refractivity contribution in [3.05, 3.63) is 77.4 Å². The molecule has 0 amide bonds. The molecule has 4 rings (SSSR count). The van der Waals surface area contributed by atoms with Gasteiger partial charge in [0.1, 0.15) is 18.5 Å². The second-order valence-electron chi connectivity index (χ2n) is 7.60. The molecular formula is C24H28N2O2. The molecular weight excluding hydrogens is 348 g/mol. The third-order valence-corrected chi connectivity index (χ3v) is 5.40. The van der Waals surface area contributed by atoms with Gasteiger partial charge in [0.05, 0.1) is 6.54 Å². The Morgan fingerprint density at radius 1 is 1.07 bits per heavy atom. The maximum Gasteiger partial charge on any atom is 0.119 e. The lowest BCUT2D eigenvalue weighted by atomic mass is 10.00. The Labute approximate surface area is 167 Å². The van der Waals surface area contributed by atoms with E-state index in [1.165, 1.54) is 22.4 Å². The molecule has 2 heterocycles. The fourth-order valence-electron chi connectivity index (χ4n) is 3.89. The smallest absolute Gasteiger partial charge is 0.119 e. The molecule has 1 unspecified atom stereocenters. The zero-order valence-corrected chi connectivity index (χ0v) is 16.3. The van der Waals surface area contributed by atoms with Gasteiger partial charge in [0.25, 0.3) is 0 Å². The minimum Gasteiger partial charge on any atom is -0.491 e. The first-order valence-electron chi connectivity index (χ1n) is 10.1. The summed E-state index contributed by atoms with van der Waals surface area (Å²) in [6.45, 7) is 3.67. The molecule has 2 aliphatic rings. The number of nitrogens with zero attached hydrogens (tertiary/aromatic N) is 2. The van der Waals surface area contributed by atoms with Crippen LogP contribution in [-0.2, 0) is 19.4 Å². The van der Waals surface area contributed by atoms with E-state index in [0.29, 0.717) is 13.2 Å². The summed E-state index contributed by atoms with van der Waals surface area (Å²) < 4.78 is 5.87. The number of aliphatic imine (C=N–C) groups is 1. The van der Waals surface area contributed by atoms with Gasteiger partial charge in [0.2, 0.25) is 0 Å². The quantitative estimate of drug-likeness (QED) is 0.768. The summed E-state index contributed by atoms with van der Waals surface area (Å²) in [6.07, 6.45) is 6.67. The lowest BCUT2D eigenvalue weighted by Gasteiger charge is -2.30. The fraction of sp³-hybridized carbons (Fsp3) is 0.375. The van der Waals surface area contributed by atoms with E-state index in [2.05, 4.69) is 58.4 Å². The van der Waals surface area contributed by atoms with E-state index >= 15 is 0 Å². The van der Waals surface area contributed by atoms with Gasteiger partial charge in [0.15, 0.2) is 0 Å². The van der Waals surface area contributed by atoms with Crippen molar-refractivity contribution in [2.24, 2.45) is 4.99 Å². The zero-order valence-electron chi connectivity index (χ0n) is 16.3.